The summed E-state index contributed by atoms with van der Waals surface area (Å²) < 4.78 is 182. The van der Waals surface area contributed by atoms with Crippen molar-refractivity contribution in [1.82, 2.24) is 4.57 Å². The van der Waals surface area contributed by atoms with E-state index in [0.29, 0.717) is 52.8 Å². The van der Waals surface area contributed by atoms with Crippen LogP contribution >= 0.6 is 0 Å². The number of rotatable bonds is 11. The molecule has 2 saturated carbocycles. The van der Waals surface area contributed by atoms with Crippen LogP contribution in [0.4, 0.5) is 52.7 Å². The average molecular weight is 1140 g/mol. The zero-order chi connectivity index (χ0) is 58.4. The van der Waals surface area contributed by atoms with Crippen molar-refractivity contribution in [2.24, 2.45) is 11.8 Å². The molecule has 0 amide bonds. The zero-order valence-corrected chi connectivity index (χ0v) is 43.2. The first-order valence-electron chi connectivity index (χ1n) is 26.7. The summed E-state index contributed by atoms with van der Waals surface area (Å²) in [6, 6.07) is 17.2. The minimum atomic E-state index is -5.39. The monoisotopic (exact) mass is 1140 g/mol. The summed E-state index contributed by atoms with van der Waals surface area (Å²) in [6.07, 6.45) is -9.59. The fraction of sp³-hybridized carbons (Fsp3) is 0.302. The molecule has 19 heteroatoms. The molecule has 2 aliphatic carbocycles. The van der Waals surface area contributed by atoms with Crippen molar-refractivity contribution < 1.29 is 71.8 Å². The number of para-hydroxylation sites is 1. The second-order valence-corrected chi connectivity index (χ2v) is 21.7. The molecule has 82 heavy (non-hydrogen) atoms. The fourth-order valence-electron chi connectivity index (χ4n) is 12.6. The van der Waals surface area contributed by atoms with Crippen LogP contribution in [0.2, 0.25) is 0 Å². The molecule has 7 aromatic carbocycles. The Hall–Kier alpha value is -7.96. The number of hydrogen-bond acceptors (Lipinski definition) is 5. The third kappa shape index (κ3) is 10.4. The van der Waals surface area contributed by atoms with Gasteiger partial charge in [-0.3, -0.25) is 19.2 Å². The van der Waals surface area contributed by atoms with Crippen LogP contribution in [0, 0.1) is 11.8 Å². The van der Waals surface area contributed by atoms with Gasteiger partial charge in [-0.15, -0.1) is 0 Å². The Balaban J connectivity index is 1.17. The first kappa shape index (κ1) is 55.9. The van der Waals surface area contributed by atoms with Crippen molar-refractivity contribution in [3.8, 4) is 27.9 Å². The van der Waals surface area contributed by atoms with E-state index in [2.05, 4.69) is 0 Å². The van der Waals surface area contributed by atoms with Gasteiger partial charge in [0, 0.05) is 43.4 Å². The van der Waals surface area contributed by atoms with Crippen LogP contribution in [0.15, 0.2) is 123 Å². The lowest BCUT2D eigenvalue weighted by molar-refractivity contribution is -0.144. The van der Waals surface area contributed by atoms with E-state index in [1.165, 1.54) is 48.5 Å². The molecular formula is C63H47F12NO6. The van der Waals surface area contributed by atoms with Gasteiger partial charge in [0.2, 0.25) is 0 Å². The Morgan fingerprint density at radius 2 is 0.988 bits per heavy atom. The molecule has 0 spiro atoms. The summed E-state index contributed by atoms with van der Waals surface area (Å²) in [5.41, 5.74) is -10.7. The van der Waals surface area contributed by atoms with Crippen molar-refractivity contribution in [2.75, 3.05) is 0 Å². The molecule has 0 aliphatic heterocycles. The van der Waals surface area contributed by atoms with E-state index >= 15 is 9.59 Å². The number of aliphatic carboxylic acids is 1. The summed E-state index contributed by atoms with van der Waals surface area (Å²) in [5.74, 6) is -2.12. The number of benzene rings is 7. The Kier molecular flexibility index (Phi) is 14.2. The molecule has 0 saturated heterocycles. The predicted molar refractivity (Wildman–Crippen MR) is 285 cm³/mol. The molecule has 0 bridgehead atoms. The fourth-order valence-corrected chi connectivity index (χ4v) is 12.6. The third-order valence-corrected chi connectivity index (χ3v) is 16.4. The molecule has 424 valence electrons. The number of hydrogen-bond donors (Lipinski definition) is 1. The van der Waals surface area contributed by atoms with Gasteiger partial charge in [0.25, 0.3) is 11.1 Å². The van der Waals surface area contributed by atoms with Gasteiger partial charge in [-0.05, 0) is 130 Å². The SMILES string of the molecule is O=Cc1c(CC2CCCCC2)cc(C(C(=O)O)c2ccc(-n3c(=O)c4cc(-c5cc(C(F)(F)F)cc(C(F)(F)F)c5)c5oc6ccccc6c6c(-c7cc(C(F)(F)F)cc(C(F)(F)F)c7)cc(c3=O)c4c56)cc2)cc1CC1CCCCC1. The number of halogens is 12. The van der Waals surface area contributed by atoms with Crippen LogP contribution in [0.25, 0.3) is 71.4 Å². The van der Waals surface area contributed by atoms with E-state index in [0.717, 1.165) is 93.8 Å². The molecule has 2 fully saturated rings. The van der Waals surface area contributed by atoms with Crippen molar-refractivity contribution >= 4 is 55.7 Å². The molecule has 11 rings (SSSR count). The van der Waals surface area contributed by atoms with Crippen molar-refractivity contribution in [3.05, 3.63) is 180 Å². The van der Waals surface area contributed by atoms with Gasteiger partial charge in [0.15, 0.2) is 6.29 Å². The van der Waals surface area contributed by atoms with E-state index in [9.17, 15) is 67.4 Å². The van der Waals surface area contributed by atoms with E-state index in [4.69, 9.17) is 4.42 Å². The predicted octanol–water partition coefficient (Wildman–Crippen LogP) is 17.5. The van der Waals surface area contributed by atoms with Gasteiger partial charge in [-0.25, -0.2) is 4.57 Å². The molecule has 0 radical (unpaired) electrons. The lowest BCUT2D eigenvalue weighted by atomic mass is 9.78. The second-order valence-electron chi connectivity index (χ2n) is 21.7. The first-order valence-corrected chi connectivity index (χ1v) is 26.7. The highest BCUT2D eigenvalue weighted by Crippen LogP contribution is 2.49. The maximum atomic E-state index is 15.2. The molecule has 1 N–H and O–H groups in total. The van der Waals surface area contributed by atoms with Crippen LogP contribution in [-0.2, 0) is 42.3 Å². The lowest BCUT2D eigenvalue weighted by Crippen LogP contribution is -2.32. The van der Waals surface area contributed by atoms with Crippen LogP contribution in [0.1, 0.15) is 125 Å². The highest BCUT2D eigenvalue weighted by molar-refractivity contribution is 6.32. The van der Waals surface area contributed by atoms with Gasteiger partial charge in [0.1, 0.15) is 17.1 Å². The Labute approximate surface area is 458 Å². The summed E-state index contributed by atoms with van der Waals surface area (Å²) in [6.45, 7) is 0. The van der Waals surface area contributed by atoms with E-state index < -0.39 is 114 Å². The van der Waals surface area contributed by atoms with Gasteiger partial charge in [-0.1, -0.05) is 107 Å². The summed E-state index contributed by atoms with van der Waals surface area (Å²) in [7, 11) is 0. The summed E-state index contributed by atoms with van der Waals surface area (Å²) in [4.78, 5) is 56.9. The van der Waals surface area contributed by atoms with Gasteiger partial charge >= 0.3 is 30.7 Å². The number of carbonyl (C=O) groups is 2. The van der Waals surface area contributed by atoms with Crippen LogP contribution in [-0.4, -0.2) is 21.9 Å². The molecule has 7 nitrogen and oxygen atoms in total. The normalized spacial score (nSPS) is 15.8. The maximum absolute atomic E-state index is 15.2. The highest BCUT2D eigenvalue weighted by Gasteiger charge is 2.40. The topological polar surface area (TPSA) is 107 Å². The number of alkyl halides is 12. The second kappa shape index (κ2) is 20.8. The quantitative estimate of drug-likeness (QED) is 0.0598. The van der Waals surface area contributed by atoms with E-state index in [1.54, 1.807) is 12.1 Å². The van der Waals surface area contributed by atoms with E-state index in [-0.39, 0.29) is 57.0 Å². The number of aromatic nitrogens is 1. The third-order valence-electron chi connectivity index (χ3n) is 16.4. The summed E-state index contributed by atoms with van der Waals surface area (Å²) >= 11 is 0. The first-order chi connectivity index (χ1) is 38.8. The molecule has 1 atom stereocenters. The molecule has 2 heterocycles. The number of pyridine rings is 1. The largest absolute Gasteiger partial charge is 0.481 e. The number of carboxylic acids is 1. The van der Waals surface area contributed by atoms with Crippen molar-refractivity contribution in [1.29, 1.82) is 0 Å². The lowest BCUT2D eigenvalue weighted by Gasteiger charge is -2.26. The zero-order valence-electron chi connectivity index (χ0n) is 43.2. The average Bonchev–Trinajstić information content (AvgIpc) is 0.904. The number of carboxylic acid groups (broad SMARTS) is 1. The molecule has 2 aliphatic rings. The summed E-state index contributed by atoms with van der Waals surface area (Å²) in [5, 5.41) is 8.88. The smallest absolute Gasteiger partial charge is 0.416 e. The van der Waals surface area contributed by atoms with Gasteiger partial charge in [-0.2, -0.15) is 52.7 Å². The van der Waals surface area contributed by atoms with Crippen LogP contribution in [0.5, 0.6) is 0 Å². The highest BCUT2D eigenvalue weighted by atomic mass is 19.4. The van der Waals surface area contributed by atoms with Gasteiger partial charge < -0.3 is 9.52 Å². The maximum Gasteiger partial charge on any atom is 0.416 e. The minimum Gasteiger partial charge on any atom is -0.481 e. The number of aldehydes is 1. The Morgan fingerprint density at radius 3 is 1.44 bits per heavy atom. The Morgan fingerprint density at radius 1 is 0.537 bits per heavy atom. The molecule has 9 aromatic rings. The minimum absolute atomic E-state index is 0.0421. The number of carbonyl (C=O) groups excluding carboxylic acids is 1. The van der Waals surface area contributed by atoms with Crippen molar-refractivity contribution in [3.63, 3.8) is 0 Å². The van der Waals surface area contributed by atoms with E-state index in [1.807, 2.05) is 0 Å². The Bertz CT molecular complexity index is 3980. The number of nitrogens with zero attached hydrogens (tertiary/aromatic N) is 1. The number of fused-ring (bicyclic) bond motifs is 2. The molecule has 1 unspecified atom stereocenters. The molecule has 2 aromatic heterocycles. The van der Waals surface area contributed by atoms with Gasteiger partial charge in [0.05, 0.1) is 27.9 Å². The standard InChI is InChI=1S/C63H47F12NO6/c64-60(65,66)40-23-37(24-41(27-40)61(67,68)69)46-29-48-54-49(30-47(56-55(54)53(46)45-13-7-8-14-51(45)82-56)38-25-42(62(70,71)72)28-43(26-38)63(73,74)75)58(79)76(57(48)78)44-17-15-34(16-18-44)52(59(80)81)39-21-35(19-32-9-3-1-4-10-32)50(31-77)36(22-39)20-33-11-5-2-6-12-33/h7-8,13-18,21-33,52H,1-6,9-12,19-20H2,(H,80,81). The van der Waals surface area contributed by atoms with Crippen molar-refractivity contribution in [2.45, 2.75) is 108 Å². The molecular weight excluding hydrogens is 1090 g/mol. The van der Waals surface area contributed by atoms with Crippen LogP contribution < -0.4 is 11.1 Å². The van der Waals surface area contributed by atoms with Crippen LogP contribution in [0.3, 0.4) is 0 Å².